The van der Waals surface area contributed by atoms with Crippen LogP contribution in [0.2, 0.25) is 5.02 Å². The van der Waals surface area contributed by atoms with Crippen molar-refractivity contribution in [3.05, 3.63) is 74.2 Å². The van der Waals surface area contributed by atoms with Crippen LogP contribution in [0.3, 0.4) is 0 Å². The minimum absolute atomic E-state index is 0.0501. The number of aryl methyl sites for hydroxylation is 1. The first-order valence-corrected chi connectivity index (χ1v) is 12.2. The first kappa shape index (κ1) is 27.5. The molecule has 1 saturated heterocycles. The number of halogens is 4. The molecule has 1 atom stereocenters. The topological polar surface area (TPSA) is 112 Å². The molecular weight excluding hydrogens is 527 g/mol. The van der Waals surface area contributed by atoms with Gasteiger partial charge in [-0.15, -0.1) is 0 Å². The number of nitrogens with zero attached hydrogens (tertiary/aromatic N) is 5. The maximum Gasteiger partial charge on any atom is 0.437 e. The van der Waals surface area contributed by atoms with E-state index in [0.717, 1.165) is 30.2 Å². The van der Waals surface area contributed by atoms with Crippen LogP contribution in [0, 0.1) is 11.3 Å². The van der Waals surface area contributed by atoms with Crippen LogP contribution in [-0.4, -0.2) is 32.6 Å². The summed E-state index contributed by atoms with van der Waals surface area (Å²) in [6.07, 6.45) is -1.28. The first-order valence-electron chi connectivity index (χ1n) is 11.8. The van der Waals surface area contributed by atoms with E-state index in [0.29, 0.717) is 30.0 Å². The third kappa shape index (κ3) is 6.66. The van der Waals surface area contributed by atoms with Gasteiger partial charge in [-0.2, -0.15) is 28.6 Å². The van der Waals surface area contributed by atoms with Gasteiger partial charge in [0.25, 0.3) is 5.56 Å². The molecule has 3 aromatic rings. The van der Waals surface area contributed by atoms with Gasteiger partial charge in [-0.3, -0.25) is 9.36 Å². The summed E-state index contributed by atoms with van der Waals surface area (Å²) in [5, 5.41) is 17.5. The van der Waals surface area contributed by atoms with E-state index in [9.17, 15) is 18.0 Å². The summed E-state index contributed by atoms with van der Waals surface area (Å²) in [6, 6.07) is 7.20. The lowest BCUT2D eigenvalue weighted by Crippen LogP contribution is -2.27. The molecule has 1 unspecified atom stereocenters. The lowest BCUT2D eigenvalue weighted by molar-refractivity contribution is -0.169. The molecule has 2 aromatic heterocycles. The summed E-state index contributed by atoms with van der Waals surface area (Å²) < 4.78 is 58.8. The number of nitriles is 1. The summed E-state index contributed by atoms with van der Waals surface area (Å²) in [5.74, 6) is -1.25. The van der Waals surface area contributed by atoms with Gasteiger partial charge in [0, 0.05) is 11.6 Å². The highest BCUT2D eigenvalue weighted by molar-refractivity contribution is 6.30. The van der Waals surface area contributed by atoms with Gasteiger partial charge in [-0.25, -0.2) is 4.98 Å². The Balaban J connectivity index is 1.66. The fourth-order valence-corrected chi connectivity index (χ4v) is 4.12. The van der Waals surface area contributed by atoms with Crippen LogP contribution in [0.15, 0.2) is 35.4 Å². The quantitative estimate of drug-likeness (QED) is 0.385. The molecule has 38 heavy (non-hydrogen) atoms. The third-order valence-corrected chi connectivity index (χ3v) is 5.94. The molecule has 3 heterocycles. The fraction of sp³-hybridized carbons (Fsp3) is 0.400. The van der Waals surface area contributed by atoms with E-state index < -0.39 is 23.2 Å². The molecule has 1 aliphatic rings. The Morgan fingerprint density at radius 3 is 2.74 bits per heavy atom. The van der Waals surface area contributed by atoms with E-state index in [1.165, 1.54) is 18.2 Å². The summed E-state index contributed by atoms with van der Waals surface area (Å²) >= 11 is 5.94. The molecule has 0 aliphatic carbocycles. The lowest BCUT2D eigenvalue weighted by atomic mass is 10.1. The Labute approximate surface area is 220 Å². The highest BCUT2D eigenvalue weighted by Gasteiger charge is 2.39. The van der Waals surface area contributed by atoms with Crippen LogP contribution in [0.25, 0.3) is 0 Å². The Hall–Kier alpha value is -3.53. The van der Waals surface area contributed by atoms with E-state index in [4.69, 9.17) is 31.1 Å². The van der Waals surface area contributed by atoms with Crippen molar-refractivity contribution in [3.63, 3.8) is 0 Å². The fourth-order valence-electron chi connectivity index (χ4n) is 3.89. The molecule has 200 valence electrons. The van der Waals surface area contributed by atoms with Crippen molar-refractivity contribution in [2.24, 2.45) is 0 Å². The van der Waals surface area contributed by atoms with Gasteiger partial charge in [0.2, 0.25) is 5.75 Å². The van der Waals surface area contributed by atoms with Crippen molar-refractivity contribution in [1.82, 2.24) is 19.7 Å². The molecule has 0 amide bonds. The summed E-state index contributed by atoms with van der Waals surface area (Å²) in [4.78, 5) is 16.7. The largest absolute Gasteiger partial charge is 0.449 e. The number of hydrogen-bond donors (Lipinski definition) is 0. The van der Waals surface area contributed by atoms with Crippen LogP contribution in [0.4, 0.5) is 13.2 Å². The predicted octanol–water partition coefficient (Wildman–Crippen LogP) is 5.02. The Morgan fingerprint density at radius 2 is 2.05 bits per heavy atom. The minimum Gasteiger partial charge on any atom is -0.449 e. The van der Waals surface area contributed by atoms with Gasteiger partial charge in [-0.05, 0) is 55.5 Å². The van der Waals surface area contributed by atoms with Crippen LogP contribution in [0.1, 0.15) is 54.4 Å². The maximum atomic E-state index is 13.7. The van der Waals surface area contributed by atoms with Crippen molar-refractivity contribution in [3.8, 4) is 17.6 Å². The molecular formula is C25H23ClF3N5O4. The molecule has 9 nitrogen and oxygen atoms in total. The normalized spacial score (nSPS) is 15.7. The average molecular weight is 550 g/mol. The van der Waals surface area contributed by atoms with Gasteiger partial charge in [0.15, 0.2) is 12.0 Å². The van der Waals surface area contributed by atoms with Crippen LogP contribution in [-0.2, 0) is 35.2 Å². The standard InChI is InChI=1S/C25H23ClF3N5O4/c1-2-20-16(9-18(32-33-20)13-37-21-5-3-4-6-36-21)12-34-14-31-23(25(27,28)29)22(24(34)35)38-19-8-15(11-30)7-17(26)10-19/h7-10,14,21H,2-6,12-13H2,1H3. The van der Waals surface area contributed by atoms with Crippen molar-refractivity contribution in [2.75, 3.05) is 6.61 Å². The molecule has 1 fully saturated rings. The molecule has 0 saturated carbocycles. The highest BCUT2D eigenvalue weighted by atomic mass is 35.5. The van der Waals surface area contributed by atoms with Crippen molar-refractivity contribution in [2.45, 2.75) is 58.2 Å². The number of rotatable bonds is 8. The first-order chi connectivity index (χ1) is 18.2. The van der Waals surface area contributed by atoms with Crippen LogP contribution < -0.4 is 10.3 Å². The Bertz CT molecular complexity index is 1400. The SMILES string of the molecule is CCc1nnc(COC2CCCCO2)cc1Cn1cnc(C(F)(F)F)c(Oc2cc(Cl)cc(C#N)c2)c1=O. The molecule has 13 heteroatoms. The molecule has 0 N–H and O–H groups in total. The maximum absolute atomic E-state index is 13.7. The molecule has 0 spiro atoms. The highest BCUT2D eigenvalue weighted by Crippen LogP contribution is 2.35. The zero-order chi connectivity index (χ0) is 27.3. The Morgan fingerprint density at radius 1 is 1.24 bits per heavy atom. The van der Waals surface area contributed by atoms with Gasteiger partial charge in [0.1, 0.15) is 5.75 Å². The van der Waals surface area contributed by atoms with E-state index >= 15 is 0 Å². The number of hydrogen-bond acceptors (Lipinski definition) is 8. The van der Waals surface area contributed by atoms with Gasteiger partial charge in [0.05, 0.1) is 42.5 Å². The predicted molar refractivity (Wildman–Crippen MR) is 129 cm³/mol. The van der Waals surface area contributed by atoms with Gasteiger partial charge < -0.3 is 14.2 Å². The number of benzene rings is 1. The average Bonchev–Trinajstić information content (AvgIpc) is 2.89. The van der Waals surface area contributed by atoms with Crippen LogP contribution >= 0.6 is 11.6 Å². The monoisotopic (exact) mass is 549 g/mol. The van der Waals surface area contributed by atoms with Gasteiger partial charge >= 0.3 is 6.18 Å². The van der Waals surface area contributed by atoms with E-state index in [-0.39, 0.29) is 35.8 Å². The van der Waals surface area contributed by atoms with Crippen molar-refractivity contribution >= 4 is 11.6 Å². The van der Waals surface area contributed by atoms with E-state index in [1.807, 2.05) is 13.0 Å². The number of ether oxygens (including phenoxy) is 3. The molecule has 0 bridgehead atoms. The Kier molecular flexibility index (Phi) is 8.61. The lowest BCUT2D eigenvalue weighted by Gasteiger charge is -2.22. The molecule has 0 radical (unpaired) electrons. The van der Waals surface area contributed by atoms with Crippen molar-refractivity contribution < 1.29 is 27.4 Å². The zero-order valence-corrected chi connectivity index (χ0v) is 21.1. The smallest absolute Gasteiger partial charge is 0.437 e. The summed E-state index contributed by atoms with van der Waals surface area (Å²) in [7, 11) is 0. The summed E-state index contributed by atoms with van der Waals surface area (Å²) in [5.41, 5.74) is -0.909. The van der Waals surface area contributed by atoms with E-state index in [1.54, 1.807) is 6.07 Å². The second-order valence-electron chi connectivity index (χ2n) is 8.51. The second kappa shape index (κ2) is 11.9. The third-order valence-electron chi connectivity index (χ3n) is 5.73. The number of aromatic nitrogens is 4. The minimum atomic E-state index is -4.97. The number of alkyl halides is 3. The molecule has 1 aliphatic heterocycles. The second-order valence-corrected chi connectivity index (χ2v) is 8.95. The zero-order valence-electron chi connectivity index (χ0n) is 20.3. The molecule has 4 rings (SSSR count). The van der Waals surface area contributed by atoms with Crippen LogP contribution in [0.5, 0.6) is 11.5 Å². The molecule has 1 aromatic carbocycles. The van der Waals surface area contributed by atoms with Crippen molar-refractivity contribution in [1.29, 1.82) is 5.26 Å². The van der Waals surface area contributed by atoms with Gasteiger partial charge in [-0.1, -0.05) is 18.5 Å². The van der Waals surface area contributed by atoms with E-state index in [2.05, 4.69) is 15.2 Å². The summed E-state index contributed by atoms with van der Waals surface area (Å²) in [6.45, 7) is 2.45.